The van der Waals surface area contributed by atoms with Crippen LogP contribution in [0.5, 0.6) is 5.88 Å². The fourth-order valence-electron chi connectivity index (χ4n) is 1.44. The normalized spacial score (nSPS) is 12.2. The van der Waals surface area contributed by atoms with Crippen LogP contribution in [0.15, 0.2) is 12.4 Å². The van der Waals surface area contributed by atoms with E-state index in [1.54, 1.807) is 12.4 Å². The van der Waals surface area contributed by atoms with Crippen LogP contribution in [0.25, 0.3) is 0 Å². The Morgan fingerprint density at radius 2 is 2.25 bits per heavy atom. The van der Waals surface area contributed by atoms with Crippen molar-refractivity contribution in [1.29, 1.82) is 0 Å². The van der Waals surface area contributed by atoms with Gasteiger partial charge in [-0.25, -0.2) is 0 Å². The first-order chi connectivity index (χ1) is 7.80. The maximum Gasteiger partial charge on any atom is 0.234 e. The van der Waals surface area contributed by atoms with E-state index < -0.39 is 0 Å². The van der Waals surface area contributed by atoms with Crippen LogP contribution in [0.4, 0.5) is 5.82 Å². The molecule has 0 bridgehead atoms. The molecule has 1 heterocycles. The zero-order chi connectivity index (χ0) is 11.8. The predicted octanol–water partition coefficient (Wildman–Crippen LogP) is 1.41. The highest BCUT2D eigenvalue weighted by molar-refractivity contribution is 5.34. The van der Waals surface area contributed by atoms with E-state index in [0.29, 0.717) is 19.0 Å². The van der Waals surface area contributed by atoms with Gasteiger partial charge in [-0.2, -0.15) is 4.98 Å². The molecule has 0 saturated heterocycles. The minimum absolute atomic E-state index is 0.246. The number of rotatable bonds is 7. The molecule has 90 valence electrons. The second-order valence-corrected chi connectivity index (χ2v) is 3.54. The molecule has 5 heteroatoms. The Morgan fingerprint density at radius 1 is 1.44 bits per heavy atom. The van der Waals surface area contributed by atoms with Crippen molar-refractivity contribution in [1.82, 2.24) is 9.97 Å². The molecule has 16 heavy (non-hydrogen) atoms. The second-order valence-electron chi connectivity index (χ2n) is 3.54. The molecular formula is C11H20N4O. The van der Waals surface area contributed by atoms with Gasteiger partial charge in [0.1, 0.15) is 5.82 Å². The number of aromatic nitrogens is 2. The first-order valence-electron chi connectivity index (χ1n) is 5.71. The first-order valence-corrected chi connectivity index (χ1v) is 5.71. The molecule has 0 fully saturated rings. The first kappa shape index (κ1) is 12.7. The maximum atomic E-state index is 5.66. The van der Waals surface area contributed by atoms with E-state index in [-0.39, 0.29) is 6.04 Å². The quantitative estimate of drug-likeness (QED) is 0.732. The van der Waals surface area contributed by atoms with Gasteiger partial charge in [-0.3, -0.25) is 4.98 Å². The van der Waals surface area contributed by atoms with Gasteiger partial charge in [0.05, 0.1) is 19.0 Å². The lowest BCUT2D eigenvalue weighted by Crippen LogP contribution is -2.29. The lowest BCUT2D eigenvalue weighted by Gasteiger charge is -2.16. The molecule has 0 aliphatic heterocycles. The lowest BCUT2D eigenvalue weighted by atomic mass is 10.2. The Labute approximate surface area is 96.4 Å². The molecule has 0 aromatic carbocycles. The van der Waals surface area contributed by atoms with Crippen LogP contribution >= 0.6 is 0 Å². The molecule has 0 spiro atoms. The summed E-state index contributed by atoms with van der Waals surface area (Å²) in [7, 11) is 0. The van der Waals surface area contributed by atoms with Crippen LogP contribution in [-0.4, -0.2) is 29.2 Å². The number of hydrogen-bond acceptors (Lipinski definition) is 5. The molecule has 0 aliphatic rings. The van der Waals surface area contributed by atoms with Crippen molar-refractivity contribution in [2.45, 2.75) is 32.7 Å². The molecule has 0 saturated carbocycles. The van der Waals surface area contributed by atoms with Crippen molar-refractivity contribution < 1.29 is 4.74 Å². The van der Waals surface area contributed by atoms with E-state index in [4.69, 9.17) is 10.5 Å². The molecule has 5 nitrogen and oxygen atoms in total. The fourth-order valence-corrected chi connectivity index (χ4v) is 1.44. The Hall–Kier alpha value is -1.36. The highest BCUT2D eigenvalue weighted by Crippen LogP contribution is 2.11. The van der Waals surface area contributed by atoms with Gasteiger partial charge in [-0.1, -0.05) is 13.3 Å². The van der Waals surface area contributed by atoms with Crippen LogP contribution in [0, 0.1) is 0 Å². The van der Waals surface area contributed by atoms with E-state index in [9.17, 15) is 0 Å². The zero-order valence-corrected chi connectivity index (χ0v) is 9.94. The Bertz CT molecular complexity index is 306. The SMILES string of the molecule is CCCC(CN)Nc1cncc(OCC)n1. The summed E-state index contributed by atoms with van der Waals surface area (Å²) in [6.45, 7) is 5.23. The van der Waals surface area contributed by atoms with Gasteiger partial charge >= 0.3 is 0 Å². The smallest absolute Gasteiger partial charge is 0.234 e. The number of anilines is 1. The van der Waals surface area contributed by atoms with E-state index >= 15 is 0 Å². The molecular weight excluding hydrogens is 204 g/mol. The monoisotopic (exact) mass is 224 g/mol. The minimum atomic E-state index is 0.246. The van der Waals surface area contributed by atoms with E-state index in [0.717, 1.165) is 18.7 Å². The van der Waals surface area contributed by atoms with Gasteiger partial charge in [0.15, 0.2) is 0 Å². The van der Waals surface area contributed by atoms with Crippen molar-refractivity contribution in [2.75, 3.05) is 18.5 Å². The summed E-state index contributed by atoms with van der Waals surface area (Å²) in [6.07, 6.45) is 5.40. The Kier molecular flexibility index (Phi) is 5.56. The molecule has 1 atom stereocenters. The predicted molar refractivity (Wildman–Crippen MR) is 64.6 cm³/mol. The molecule has 0 amide bonds. The zero-order valence-electron chi connectivity index (χ0n) is 9.94. The average molecular weight is 224 g/mol. The van der Waals surface area contributed by atoms with E-state index in [2.05, 4.69) is 22.2 Å². The van der Waals surface area contributed by atoms with Gasteiger partial charge in [0.25, 0.3) is 0 Å². The van der Waals surface area contributed by atoms with Gasteiger partial charge < -0.3 is 15.8 Å². The molecule has 1 unspecified atom stereocenters. The Balaban J connectivity index is 2.60. The van der Waals surface area contributed by atoms with Crippen LogP contribution in [0.1, 0.15) is 26.7 Å². The second kappa shape index (κ2) is 7.00. The Morgan fingerprint density at radius 3 is 2.88 bits per heavy atom. The van der Waals surface area contributed by atoms with Gasteiger partial charge in [-0.15, -0.1) is 0 Å². The third-order valence-electron chi connectivity index (χ3n) is 2.18. The van der Waals surface area contributed by atoms with Crippen LogP contribution in [0.3, 0.4) is 0 Å². The van der Waals surface area contributed by atoms with Crippen molar-refractivity contribution >= 4 is 5.82 Å². The van der Waals surface area contributed by atoms with Crippen molar-refractivity contribution in [3.8, 4) is 5.88 Å². The summed E-state index contributed by atoms with van der Waals surface area (Å²) in [6, 6.07) is 0.246. The van der Waals surface area contributed by atoms with E-state index in [1.807, 2.05) is 6.92 Å². The van der Waals surface area contributed by atoms with E-state index in [1.165, 1.54) is 0 Å². The largest absolute Gasteiger partial charge is 0.477 e. The molecule has 1 rings (SSSR count). The summed E-state index contributed by atoms with van der Waals surface area (Å²) >= 11 is 0. The van der Waals surface area contributed by atoms with Gasteiger partial charge in [0.2, 0.25) is 5.88 Å². The number of nitrogens with two attached hydrogens (primary N) is 1. The summed E-state index contributed by atoms with van der Waals surface area (Å²) in [5.74, 6) is 1.26. The standard InChI is InChI=1S/C11H20N4O/c1-3-5-9(6-12)14-10-7-13-8-11(15-10)16-4-2/h7-9H,3-6,12H2,1-2H3,(H,14,15). The van der Waals surface area contributed by atoms with Crippen molar-refractivity contribution in [3.63, 3.8) is 0 Å². The minimum Gasteiger partial charge on any atom is -0.477 e. The molecule has 0 radical (unpaired) electrons. The highest BCUT2D eigenvalue weighted by Gasteiger charge is 2.06. The van der Waals surface area contributed by atoms with Gasteiger partial charge in [0, 0.05) is 12.6 Å². The fraction of sp³-hybridized carbons (Fsp3) is 0.636. The third-order valence-corrected chi connectivity index (χ3v) is 2.18. The topological polar surface area (TPSA) is 73.1 Å². The van der Waals surface area contributed by atoms with Crippen LogP contribution < -0.4 is 15.8 Å². The average Bonchev–Trinajstić information content (AvgIpc) is 2.29. The summed E-state index contributed by atoms with van der Waals surface area (Å²) in [5, 5.41) is 3.25. The van der Waals surface area contributed by atoms with Gasteiger partial charge in [-0.05, 0) is 13.3 Å². The molecule has 1 aromatic heterocycles. The number of ether oxygens (including phenoxy) is 1. The van der Waals surface area contributed by atoms with Crippen molar-refractivity contribution in [2.24, 2.45) is 5.73 Å². The lowest BCUT2D eigenvalue weighted by molar-refractivity contribution is 0.325. The number of nitrogens with one attached hydrogen (secondary N) is 1. The molecule has 1 aromatic rings. The molecule has 3 N–H and O–H groups in total. The van der Waals surface area contributed by atoms with Crippen LogP contribution in [-0.2, 0) is 0 Å². The van der Waals surface area contributed by atoms with Crippen LogP contribution in [0.2, 0.25) is 0 Å². The summed E-state index contributed by atoms with van der Waals surface area (Å²) in [4.78, 5) is 8.34. The summed E-state index contributed by atoms with van der Waals surface area (Å²) in [5.41, 5.74) is 5.66. The highest BCUT2D eigenvalue weighted by atomic mass is 16.5. The van der Waals surface area contributed by atoms with Crippen molar-refractivity contribution in [3.05, 3.63) is 12.4 Å². The number of hydrogen-bond donors (Lipinski definition) is 2. The maximum absolute atomic E-state index is 5.66. The number of nitrogens with zero attached hydrogens (tertiary/aromatic N) is 2. The summed E-state index contributed by atoms with van der Waals surface area (Å²) < 4.78 is 5.28. The molecule has 0 aliphatic carbocycles. The third kappa shape index (κ3) is 4.02.